The van der Waals surface area contributed by atoms with Gasteiger partial charge in [-0.05, 0) is 24.6 Å². The molecule has 1 aromatic carbocycles. The summed E-state index contributed by atoms with van der Waals surface area (Å²) in [5.74, 6) is -0.00735. The monoisotopic (exact) mass is 378 g/mol. The fourth-order valence-electron chi connectivity index (χ4n) is 3.56. The maximum Gasteiger partial charge on any atom is 0.257 e. The lowest BCUT2D eigenvalue weighted by Gasteiger charge is -2.21. The molecule has 4 rings (SSSR count). The standard InChI is InChI=1S/C17H16Cl2N4O2/c18-12-1-2-14(13(19)5-12)23-8-11(7-21-23)16(25)22-4-3-17(10-22)6-15(24)20-9-17/h1-2,5,7-8H,3-4,6,9-10H2,(H,20,24). The minimum absolute atomic E-state index is 0.0690. The molecule has 0 aliphatic carbocycles. The van der Waals surface area contributed by atoms with Gasteiger partial charge in [0.2, 0.25) is 5.91 Å². The van der Waals surface area contributed by atoms with Crippen molar-refractivity contribution < 1.29 is 9.59 Å². The Balaban J connectivity index is 1.52. The predicted octanol–water partition coefficient (Wildman–Crippen LogP) is 2.53. The van der Waals surface area contributed by atoms with Gasteiger partial charge >= 0.3 is 0 Å². The molecule has 6 nitrogen and oxygen atoms in total. The molecule has 2 fully saturated rings. The van der Waals surface area contributed by atoms with Crippen LogP contribution in [-0.4, -0.2) is 46.1 Å². The number of aromatic nitrogens is 2. The Labute approximate surface area is 154 Å². The van der Waals surface area contributed by atoms with Gasteiger partial charge in [-0.1, -0.05) is 23.2 Å². The average Bonchev–Trinajstić information content (AvgIpc) is 3.28. The summed E-state index contributed by atoms with van der Waals surface area (Å²) < 4.78 is 1.57. The third-order valence-electron chi connectivity index (χ3n) is 4.91. The number of nitrogens with one attached hydrogen (secondary N) is 1. The van der Waals surface area contributed by atoms with Crippen molar-refractivity contribution in [3.8, 4) is 5.69 Å². The second-order valence-electron chi connectivity index (χ2n) is 6.70. The SMILES string of the molecule is O=C1CC2(CCN(C(=O)c3cnn(-c4ccc(Cl)cc4Cl)c3)C2)CN1. The van der Waals surface area contributed by atoms with Gasteiger partial charge in [-0.25, -0.2) is 4.68 Å². The van der Waals surface area contributed by atoms with Gasteiger partial charge in [-0.3, -0.25) is 9.59 Å². The maximum atomic E-state index is 12.8. The van der Waals surface area contributed by atoms with E-state index in [-0.39, 0.29) is 17.2 Å². The number of carbonyl (C=O) groups is 2. The molecule has 1 unspecified atom stereocenters. The van der Waals surface area contributed by atoms with Crippen molar-refractivity contribution in [2.24, 2.45) is 5.41 Å². The highest BCUT2D eigenvalue weighted by Gasteiger charge is 2.45. The highest BCUT2D eigenvalue weighted by atomic mass is 35.5. The van der Waals surface area contributed by atoms with Gasteiger partial charge < -0.3 is 10.2 Å². The second-order valence-corrected chi connectivity index (χ2v) is 7.54. The number of likely N-dealkylation sites (tertiary alicyclic amines) is 1. The molecule has 1 N–H and O–H groups in total. The molecule has 0 saturated carbocycles. The van der Waals surface area contributed by atoms with E-state index in [1.807, 2.05) is 0 Å². The van der Waals surface area contributed by atoms with Crippen LogP contribution in [0.5, 0.6) is 0 Å². The average molecular weight is 379 g/mol. The van der Waals surface area contributed by atoms with Crippen LogP contribution in [0.3, 0.4) is 0 Å². The summed E-state index contributed by atoms with van der Waals surface area (Å²) in [6.07, 6.45) is 4.54. The molecule has 0 bridgehead atoms. The summed E-state index contributed by atoms with van der Waals surface area (Å²) in [4.78, 5) is 26.1. The van der Waals surface area contributed by atoms with E-state index in [1.165, 1.54) is 6.20 Å². The van der Waals surface area contributed by atoms with Gasteiger partial charge in [0.05, 0.1) is 22.5 Å². The van der Waals surface area contributed by atoms with Crippen LogP contribution in [0.4, 0.5) is 0 Å². The zero-order chi connectivity index (χ0) is 17.6. The Hall–Kier alpha value is -2.05. The summed E-state index contributed by atoms with van der Waals surface area (Å²) >= 11 is 12.1. The van der Waals surface area contributed by atoms with Crippen LogP contribution >= 0.6 is 23.2 Å². The van der Waals surface area contributed by atoms with Crippen LogP contribution in [0.25, 0.3) is 5.69 Å². The van der Waals surface area contributed by atoms with E-state index in [9.17, 15) is 9.59 Å². The van der Waals surface area contributed by atoms with E-state index in [1.54, 1.807) is 34.0 Å². The van der Waals surface area contributed by atoms with Crippen molar-refractivity contribution in [3.05, 3.63) is 46.2 Å². The fraction of sp³-hybridized carbons (Fsp3) is 0.353. The summed E-state index contributed by atoms with van der Waals surface area (Å²) in [6.45, 7) is 1.90. The molecule has 8 heteroatoms. The zero-order valence-corrected chi connectivity index (χ0v) is 14.8. The van der Waals surface area contributed by atoms with Crippen molar-refractivity contribution >= 4 is 35.0 Å². The van der Waals surface area contributed by atoms with Crippen molar-refractivity contribution in [1.82, 2.24) is 20.0 Å². The molecule has 2 amide bonds. The minimum Gasteiger partial charge on any atom is -0.355 e. The molecule has 2 aliphatic heterocycles. The van der Waals surface area contributed by atoms with Crippen LogP contribution in [0, 0.1) is 5.41 Å². The summed E-state index contributed by atoms with van der Waals surface area (Å²) in [7, 11) is 0. The topological polar surface area (TPSA) is 67.2 Å². The van der Waals surface area contributed by atoms with Gasteiger partial charge in [0, 0.05) is 42.7 Å². The lowest BCUT2D eigenvalue weighted by Crippen LogP contribution is -2.33. The normalized spacial score (nSPS) is 22.6. The van der Waals surface area contributed by atoms with Gasteiger partial charge in [0.15, 0.2) is 0 Å². The van der Waals surface area contributed by atoms with E-state index in [0.29, 0.717) is 47.4 Å². The third kappa shape index (κ3) is 3.00. The number of nitrogens with zero attached hydrogens (tertiary/aromatic N) is 3. The highest BCUT2D eigenvalue weighted by molar-refractivity contribution is 6.35. The zero-order valence-electron chi connectivity index (χ0n) is 13.3. The number of halogens is 2. The summed E-state index contributed by atoms with van der Waals surface area (Å²) in [5, 5.41) is 8.12. The number of hydrogen-bond donors (Lipinski definition) is 1. The minimum atomic E-state index is -0.109. The lowest BCUT2D eigenvalue weighted by molar-refractivity contribution is -0.119. The number of rotatable bonds is 2. The molecule has 2 saturated heterocycles. The summed E-state index contributed by atoms with van der Waals surface area (Å²) in [6, 6.07) is 5.11. The lowest BCUT2D eigenvalue weighted by atomic mass is 9.86. The smallest absolute Gasteiger partial charge is 0.257 e. The van der Waals surface area contributed by atoms with Gasteiger partial charge in [-0.15, -0.1) is 0 Å². The van der Waals surface area contributed by atoms with Crippen LogP contribution < -0.4 is 5.32 Å². The molecule has 130 valence electrons. The van der Waals surface area contributed by atoms with E-state index in [4.69, 9.17) is 23.2 Å². The Kier molecular flexibility index (Phi) is 3.96. The predicted molar refractivity (Wildman–Crippen MR) is 94.2 cm³/mol. The van der Waals surface area contributed by atoms with Gasteiger partial charge in [-0.2, -0.15) is 5.10 Å². The van der Waals surface area contributed by atoms with E-state index >= 15 is 0 Å². The van der Waals surface area contributed by atoms with E-state index < -0.39 is 0 Å². The molecule has 2 aromatic rings. The van der Waals surface area contributed by atoms with E-state index in [0.717, 1.165) is 6.42 Å². The number of amides is 2. The number of benzene rings is 1. The van der Waals surface area contributed by atoms with Gasteiger partial charge in [0.25, 0.3) is 5.91 Å². The quantitative estimate of drug-likeness (QED) is 0.872. The van der Waals surface area contributed by atoms with Crippen LogP contribution in [-0.2, 0) is 4.79 Å². The fourth-order valence-corrected chi connectivity index (χ4v) is 4.06. The van der Waals surface area contributed by atoms with Gasteiger partial charge in [0.1, 0.15) is 0 Å². The second kappa shape index (κ2) is 6.04. The Morgan fingerprint density at radius 3 is 2.88 bits per heavy atom. The molecule has 25 heavy (non-hydrogen) atoms. The highest BCUT2D eigenvalue weighted by Crippen LogP contribution is 2.37. The van der Waals surface area contributed by atoms with Crippen molar-refractivity contribution in [1.29, 1.82) is 0 Å². The summed E-state index contributed by atoms with van der Waals surface area (Å²) in [5.41, 5.74) is 1.05. The molecule has 1 atom stereocenters. The third-order valence-corrected chi connectivity index (χ3v) is 5.45. The molecule has 0 radical (unpaired) electrons. The molecule has 2 aliphatic rings. The largest absolute Gasteiger partial charge is 0.355 e. The number of hydrogen-bond acceptors (Lipinski definition) is 3. The molecule has 1 spiro atoms. The Morgan fingerprint density at radius 2 is 2.16 bits per heavy atom. The van der Waals surface area contributed by atoms with Crippen LogP contribution in [0.2, 0.25) is 10.0 Å². The molecule has 1 aromatic heterocycles. The van der Waals surface area contributed by atoms with Crippen LogP contribution in [0.15, 0.2) is 30.6 Å². The molecule has 3 heterocycles. The number of carbonyl (C=O) groups excluding carboxylic acids is 2. The Bertz CT molecular complexity index is 866. The first-order valence-corrected chi connectivity index (χ1v) is 8.77. The van der Waals surface area contributed by atoms with Crippen molar-refractivity contribution in [3.63, 3.8) is 0 Å². The molecular weight excluding hydrogens is 363 g/mol. The van der Waals surface area contributed by atoms with Crippen LogP contribution in [0.1, 0.15) is 23.2 Å². The van der Waals surface area contributed by atoms with Crippen molar-refractivity contribution in [2.75, 3.05) is 19.6 Å². The first kappa shape index (κ1) is 16.4. The van der Waals surface area contributed by atoms with Crippen molar-refractivity contribution in [2.45, 2.75) is 12.8 Å². The first-order valence-electron chi connectivity index (χ1n) is 8.02. The maximum absolute atomic E-state index is 12.8. The Morgan fingerprint density at radius 1 is 1.32 bits per heavy atom. The van der Waals surface area contributed by atoms with E-state index in [2.05, 4.69) is 10.4 Å². The molecular formula is C17H16Cl2N4O2. The first-order chi connectivity index (χ1) is 12.0.